The average Bonchev–Trinajstić information content (AvgIpc) is 4.13. The lowest BCUT2D eigenvalue weighted by Gasteiger charge is -2.47. The zero-order valence-electron chi connectivity index (χ0n) is 50.2. The van der Waals surface area contributed by atoms with Gasteiger partial charge in [-0.15, -0.1) is 0 Å². The lowest BCUT2D eigenvalue weighted by molar-refractivity contribution is -0.263. The van der Waals surface area contributed by atoms with Crippen molar-refractivity contribution in [1.82, 2.24) is 0 Å². The van der Waals surface area contributed by atoms with Gasteiger partial charge in [0.25, 0.3) is 0 Å². The molecule has 19 heteroatoms. The SMILES string of the molecule is CC(=O)OC[C@H](O)C[C@H]1O[C@H]2[C@H](O)[C@H]3O[C@@H](CCOC(=O)C(C)(C)C)CC[C@@H]3O[C@H]2[C@H]1OC(C(C)C)C(C)C.CC(C)C(O[C@@H]1[C@@H]2O[C@H]3CC[C@H](CCOC(=O)C(C)(C)C)O[C@@H]3[C@@H](O)[C@@H]2O[C@@H]1C[C@@H]1COC(C)(C)O1)C(C)C. The summed E-state index contributed by atoms with van der Waals surface area (Å²) in [5, 5.41) is 33.5. The van der Waals surface area contributed by atoms with Gasteiger partial charge in [-0.3, -0.25) is 14.4 Å². The van der Waals surface area contributed by atoms with Gasteiger partial charge in [0, 0.05) is 32.6 Å². The molecule has 3 N–H and O–H groups in total. The highest BCUT2D eigenvalue weighted by Crippen LogP contribution is 2.45. The van der Waals surface area contributed by atoms with E-state index in [9.17, 15) is 29.7 Å². The molecule has 18 atom stereocenters. The Morgan fingerprint density at radius 3 is 1.37 bits per heavy atom. The molecule has 0 aromatic carbocycles. The first-order valence-corrected chi connectivity index (χ1v) is 29.4. The fourth-order valence-corrected chi connectivity index (χ4v) is 12.2. The normalized spacial score (nSPS) is 36.0. The Kier molecular flexibility index (Phi) is 23.0. The molecule has 7 fully saturated rings. The second kappa shape index (κ2) is 27.5. The molecule has 0 aliphatic carbocycles. The molecule has 78 heavy (non-hydrogen) atoms. The minimum absolute atomic E-state index is 0.0262. The standard InChI is InChI=1S/C30H52O9.C29H50O10/c1-16(2)23(17(3)4)38-25-21(14-19-15-34-30(8,9)39-19)37-26-22(31)24-20(36-27(25)26)11-10-18(35-24)12-13-33-28(32)29(5,6)7;1-15(2)23(16(3)4)39-25-21(13-18(31)14-35-17(5)30)38-26-22(32)24-20(37-27(25)26)10-9-19(36-24)11-12-34-28(33)29(6,7)8/h16-27,31H,10-15H2,1-9H3;15-16,18-27,31-32H,9-14H2,1-8H3/t2*18-,19-,20+,21-,22-,24+,25+,26+,27+/m11/s1. The third-order valence-corrected chi connectivity index (χ3v) is 16.1. The number of esters is 3. The predicted octanol–water partition coefficient (Wildman–Crippen LogP) is 6.81. The fraction of sp³-hybridized carbons (Fsp3) is 0.949. The number of ether oxygens (including phenoxy) is 13. The van der Waals surface area contributed by atoms with Gasteiger partial charge in [-0.05, 0) is 105 Å². The second-order valence-electron chi connectivity index (χ2n) is 27.0. The fourth-order valence-electron chi connectivity index (χ4n) is 12.2. The van der Waals surface area contributed by atoms with E-state index in [1.54, 1.807) is 0 Å². The summed E-state index contributed by atoms with van der Waals surface area (Å²) in [5.74, 6) is -0.452. The number of hydrogen-bond donors (Lipinski definition) is 3. The second-order valence-corrected chi connectivity index (χ2v) is 27.0. The van der Waals surface area contributed by atoms with Crippen molar-refractivity contribution in [2.45, 2.75) is 297 Å². The lowest BCUT2D eigenvalue weighted by atomic mass is 9.87. The number of aliphatic hydroxyl groups is 3. The molecule has 7 heterocycles. The van der Waals surface area contributed by atoms with Crippen molar-refractivity contribution in [2.24, 2.45) is 34.5 Å². The monoisotopic (exact) mass is 1110 g/mol. The molecule has 7 aliphatic rings. The third kappa shape index (κ3) is 17.0. The summed E-state index contributed by atoms with van der Waals surface area (Å²) in [6.07, 6.45) is -3.93. The summed E-state index contributed by atoms with van der Waals surface area (Å²) in [7, 11) is 0. The largest absolute Gasteiger partial charge is 0.465 e. The Hall–Kier alpha value is -2.11. The summed E-state index contributed by atoms with van der Waals surface area (Å²) in [6.45, 7) is 34.1. The summed E-state index contributed by atoms with van der Waals surface area (Å²) in [4.78, 5) is 35.4. The lowest BCUT2D eigenvalue weighted by Crippen LogP contribution is -2.61. The van der Waals surface area contributed by atoms with Gasteiger partial charge in [0.1, 0.15) is 67.6 Å². The van der Waals surface area contributed by atoms with Crippen LogP contribution in [0.2, 0.25) is 0 Å². The van der Waals surface area contributed by atoms with Crippen LogP contribution in [-0.4, -0.2) is 188 Å². The van der Waals surface area contributed by atoms with Crippen LogP contribution in [0.25, 0.3) is 0 Å². The maximum atomic E-state index is 12.1. The van der Waals surface area contributed by atoms with E-state index < -0.39 is 89.7 Å². The molecule has 0 spiro atoms. The van der Waals surface area contributed by atoms with E-state index in [1.807, 2.05) is 55.4 Å². The van der Waals surface area contributed by atoms with Gasteiger partial charge in [-0.2, -0.15) is 0 Å². The summed E-state index contributed by atoms with van der Waals surface area (Å²) in [5.41, 5.74) is -1.10. The van der Waals surface area contributed by atoms with Gasteiger partial charge < -0.3 is 76.9 Å². The molecule has 7 saturated heterocycles. The highest BCUT2D eigenvalue weighted by Gasteiger charge is 2.60. The zero-order chi connectivity index (χ0) is 57.8. The van der Waals surface area contributed by atoms with E-state index >= 15 is 0 Å². The first kappa shape index (κ1) is 65.0. The van der Waals surface area contributed by atoms with Crippen LogP contribution in [0.4, 0.5) is 0 Å². The van der Waals surface area contributed by atoms with Crippen molar-refractivity contribution in [1.29, 1.82) is 0 Å². The number of fused-ring (bicyclic) bond motifs is 4. The van der Waals surface area contributed by atoms with Crippen molar-refractivity contribution >= 4 is 17.9 Å². The molecule has 7 aliphatic heterocycles. The molecular formula is C59H102O19. The maximum Gasteiger partial charge on any atom is 0.311 e. The minimum atomic E-state index is -0.952. The number of carbonyl (C=O) groups is 3. The molecule has 0 aromatic rings. The smallest absolute Gasteiger partial charge is 0.311 e. The Morgan fingerprint density at radius 2 is 0.987 bits per heavy atom. The van der Waals surface area contributed by atoms with Crippen LogP contribution in [0.3, 0.4) is 0 Å². The van der Waals surface area contributed by atoms with Gasteiger partial charge in [0.2, 0.25) is 0 Å². The molecule has 0 unspecified atom stereocenters. The van der Waals surface area contributed by atoms with Crippen LogP contribution in [-0.2, 0) is 76.0 Å². The van der Waals surface area contributed by atoms with Gasteiger partial charge in [0.15, 0.2) is 5.79 Å². The highest BCUT2D eigenvalue weighted by atomic mass is 16.7. The summed E-state index contributed by atoms with van der Waals surface area (Å²) in [6, 6.07) is 0. The van der Waals surface area contributed by atoms with Gasteiger partial charge in [-0.25, -0.2) is 0 Å². The van der Waals surface area contributed by atoms with Crippen LogP contribution in [0.1, 0.15) is 169 Å². The van der Waals surface area contributed by atoms with Crippen LogP contribution in [0, 0.1) is 34.5 Å². The molecule has 0 aromatic heterocycles. The van der Waals surface area contributed by atoms with Crippen molar-refractivity contribution < 1.29 is 91.3 Å². The van der Waals surface area contributed by atoms with Crippen molar-refractivity contribution in [3.8, 4) is 0 Å². The Morgan fingerprint density at radius 1 is 0.564 bits per heavy atom. The van der Waals surface area contributed by atoms with E-state index in [4.69, 9.17) is 61.6 Å². The first-order chi connectivity index (χ1) is 36.3. The van der Waals surface area contributed by atoms with Gasteiger partial charge >= 0.3 is 17.9 Å². The number of rotatable bonds is 20. The topological polar surface area (TPSA) is 232 Å². The summed E-state index contributed by atoms with van der Waals surface area (Å²) >= 11 is 0. The number of hydrogen-bond acceptors (Lipinski definition) is 19. The molecule has 0 radical (unpaired) electrons. The number of aliphatic hydroxyl groups excluding tert-OH is 3. The van der Waals surface area contributed by atoms with E-state index in [0.29, 0.717) is 50.7 Å². The van der Waals surface area contributed by atoms with E-state index in [0.717, 1.165) is 19.3 Å². The zero-order valence-corrected chi connectivity index (χ0v) is 50.2. The van der Waals surface area contributed by atoms with Crippen molar-refractivity contribution in [3.05, 3.63) is 0 Å². The van der Waals surface area contributed by atoms with E-state index in [2.05, 4.69) is 55.4 Å². The highest BCUT2D eigenvalue weighted by molar-refractivity contribution is 5.75. The maximum absolute atomic E-state index is 12.1. The van der Waals surface area contributed by atoms with Crippen LogP contribution < -0.4 is 0 Å². The Balaban J connectivity index is 0.000000252. The van der Waals surface area contributed by atoms with Crippen LogP contribution in [0.15, 0.2) is 0 Å². The van der Waals surface area contributed by atoms with Crippen LogP contribution >= 0.6 is 0 Å². The average molecular weight is 1120 g/mol. The Labute approximate surface area is 465 Å². The molecule has 0 bridgehead atoms. The van der Waals surface area contributed by atoms with E-state index in [-0.39, 0.29) is 98.3 Å². The van der Waals surface area contributed by atoms with Gasteiger partial charge in [0.05, 0.1) is 91.7 Å². The quantitative estimate of drug-likeness (QED) is 0.0840. The molecule has 452 valence electrons. The molecular weight excluding hydrogens is 1010 g/mol. The predicted molar refractivity (Wildman–Crippen MR) is 286 cm³/mol. The molecule has 19 nitrogen and oxygen atoms in total. The van der Waals surface area contributed by atoms with Crippen molar-refractivity contribution in [2.75, 3.05) is 26.4 Å². The first-order valence-electron chi connectivity index (χ1n) is 29.4. The molecule has 0 amide bonds. The third-order valence-electron chi connectivity index (χ3n) is 16.1. The molecule has 0 saturated carbocycles. The summed E-state index contributed by atoms with van der Waals surface area (Å²) < 4.78 is 79.7. The van der Waals surface area contributed by atoms with Crippen molar-refractivity contribution in [3.63, 3.8) is 0 Å². The Bertz CT molecular complexity index is 1880. The molecule has 7 rings (SSSR count). The minimum Gasteiger partial charge on any atom is -0.465 e. The van der Waals surface area contributed by atoms with Gasteiger partial charge in [-0.1, -0.05) is 55.4 Å². The van der Waals surface area contributed by atoms with Crippen LogP contribution in [0.5, 0.6) is 0 Å². The number of carbonyl (C=O) groups excluding carboxylic acids is 3. The van der Waals surface area contributed by atoms with E-state index in [1.165, 1.54) is 6.92 Å².